The smallest absolute Gasteiger partial charge is 0.204 e. The predicted octanol–water partition coefficient (Wildman–Crippen LogP) is 5.72. The molecule has 2 N–H and O–H groups in total. The first-order valence-corrected chi connectivity index (χ1v) is 14.1. The Morgan fingerprint density at radius 2 is 1.93 bits per heavy atom. The van der Waals surface area contributed by atoms with Crippen molar-refractivity contribution in [2.75, 3.05) is 5.32 Å². The molecule has 0 spiro atoms. The SMILES string of the molecule is CC(=O)[C@H]1C[C@@H]1c1ccc(N[C@@H]2CCc3c(-c4c(C)cc(-c5nnn(CC(C)(C)O)n5)cc4C)ccc(F)c32)cn1. The van der Waals surface area contributed by atoms with E-state index in [1.165, 1.54) is 4.80 Å². The van der Waals surface area contributed by atoms with Crippen LogP contribution in [0.1, 0.15) is 73.5 Å². The maximum Gasteiger partial charge on any atom is 0.204 e. The molecule has 6 rings (SSSR count). The van der Waals surface area contributed by atoms with Crippen molar-refractivity contribution in [3.63, 3.8) is 0 Å². The molecule has 0 bridgehead atoms. The Morgan fingerprint density at radius 3 is 2.56 bits per heavy atom. The van der Waals surface area contributed by atoms with E-state index >= 15 is 4.39 Å². The molecule has 3 atom stereocenters. The molecular formula is C32H35FN6O2. The van der Waals surface area contributed by atoms with Crippen LogP contribution >= 0.6 is 0 Å². The summed E-state index contributed by atoms with van der Waals surface area (Å²) in [6.07, 6.45) is 4.22. The zero-order valence-corrected chi connectivity index (χ0v) is 24.1. The Labute approximate surface area is 239 Å². The summed E-state index contributed by atoms with van der Waals surface area (Å²) >= 11 is 0. The molecule has 4 aromatic rings. The van der Waals surface area contributed by atoms with Crippen molar-refractivity contribution in [3.05, 3.63) is 76.4 Å². The lowest BCUT2D eigenvalue weighted by Crippen LogP contribution is -2.27. The third-order valence-corrected chi connectivity index (χ3v) is 8.20. The Balaban J connectivity index is 1.26. The molecule has 8 nitrogen and oxygen atoms in total. The van der Waals surface area contributed by atoms with Crippen LogP contribution in [0.2, 0.25) is 0 Å². The summed E-state index contributed by atoms with van der Waals surface area (Å²) in [4.78, 5) is 17.6. The molecule has 0 aliphatic heterocycles. The van der Waals surface area contributed by atoms with E-state index < -0.39 is 5.60 Å². The topological polar surface area (TPSA) is 106 Å². The second-order valence-electron chi connectivity index (χ2n) is 12.2. The molecule has 0 amide bonds. The number of anilines is 1. The van der Waals surface area contributed by atoms with E-state index in [-0.39, 0.29) is 36.0 Å². The monoisotopic (exact) mass is 554 g/mol. The van der Waals surface area contributed by atoms with E-state index in [2.05, 4.69) is 39.6 Å². The van der Waals surface area contributed by atoms with Gasteiger partial charge in [0, 0.05) is 28.7 Å². The fourth-order valence-electron chi connectivity index (χ4n) is 6.27. The van der Waals surface area contributed by atoms with Crippen molar-refractivity contribution in [2.45, 2.75) is 78.0 Å². The summed E-state index contributed by atoms with van der Waals surface area (Å²) in [7, 11) is 0. The molecule has 1 saturated carbocycles. The number of Topliss-reactive ketones (excluding diaryl/α,β-unsaturated/α-hetero) is 1. The van der Waals surface area contributed by atoms with E-state index in [0.29, 0.717) is 11.4 Å². The van der Waals surface area contributed by atoms with E-state index in [1.54, 1.807) is 33.0 Å². The number of nitrogens with zero attached hydrogens (tertiary/aromatic N) is 5. The maximum absolute atomic E-state index is 15.3. The Kier molecular flexibility index (Phi) is 6.72. The lowest BCUT2D eigenvalue weighted by molar-refractivity contribution is -0.118. The Hall–Kier alpha value is -3.98. The number of carbonyl (C=O) groups is 1. The number of rotatable bonds is 8. The summed E-state index contributed by atoms with van der Waals surface area (Å²) in [6, 6.07) is 11.3. The zero-order chi connectivity index (χ0) is 29.1. The molecule has 41 heavy (non-hydrogen) atoms. The van der Waals surface area contributed by atoms with Gasteiger partial charge in [-0.2, -0.15) is 4.80 Å². The van der Waals surface area contributed by atoms with Crippen LogP contribution in [0.5, 0.6) is 0 Å². The van der Waals surface area contributed by atoms with Gasteiger partial charge in [-0.15, -0.1) is 10.2 Å². The number of tetrazole rings is 1. The van der Waals surface area contributed by atoms with E-state index in [9.17, 15) is 9.90 Å². The third-order valence-electron chi connectivity index (χ3n) is 8.20. The number of nitrogens with one attached hydrogen (secondary N) is 1. The predicted molar refractivity (Wildman–Crippen MR) is 155 cm³/mol. The molecule has 0 unspecified atom stereocenters. The normalized spacial score (nSPS) is 19.7. The van der Waals surface area contributed by atoms with Crippen LogP contribution in [-0.4, -0.2) is 41.7 Å². The highest BCUT2D eigenvalue weighted by Crippen LogP contribution is 2.47. The van der Waals surface area contributed by atoms with Crippen LogP contribution in [-0.2, 0) is 17.8 Å². The van der Waals surface area contributed by atoms with Crippen LogP contribution in [0, 0.1) is 25.6 Å². The molecule has 2 aromatic heterocycles. The van der Waals surface area contributed by atoms with Crippen molar-refractivity contribution in [1.82, 2.24) is 25.2 Å². The number of halogens is 1. The number of aliphatic hydroxyl groups is 1. The van der Waals surface area contributed by atoms with Gasteiger partial charge in [0.25, 0.3) is 0 Å². The number of hydrogen-bond donors (Lipinski definition) is 2. The molecule has 2 aliphatic carbocycles. The van der Waals surface area contributed by atoms with Crippen molar-refractivity contribution in [1.29, 1.82) is 0 Å². The van der Waals surface area contributed by atoms with Crippen LogP contribution in [0.25, 0.3) is 22.5 Å². The highest BCUT2D eigenvalue weighted by Gasteiger charge is 2.42. The minimum absolute atomic E-state index is 0.0976. The fourth-order valence-corrected chi connectivity index (χ4v) is 6.27. The highest BCUT2D eigenvalue weighted by molar-refractivity contribution is 5.82. The van der Waals surface area contributed by atoms with Gasteiger partial charge in [-0.3, -0.25) is 9.78 Å². The minimum atomic E-state index is -0.945. The Bertz CT molecular complexity index is 1620. The lowest BCUT2D eigenvalue weighted by atomic mass is 9.89. The molecule has 0 saturated heterocycles. The number of carbonyl (C=O) groups excluding carboxylic acids is 1. The van der Waals surface area contributed by atoms with Gasteiger partial charge in [-0.05, 0) is 117 Å². The average Bonchev–Trinajstić information content (AvgIpc) is 3.40. The number of aryl methyl sites for hydroxylation is 2. The molecule has 9 heteroatoms. The van der Waals surface area contributed by atoms with Gasteiger partial charge in [0.05, 0.1) is 30.1 Å². The van der Waals surface area contributed by atoms with Crippen molar-refractivity contribution >= 4 is 11.5 Å². The van der Waals surface area contributed by atoms with Crippen LogP contribution < -0.4 is 5.32 Å². The molecule has 1 fully saturated rings. The van der Waals surface area contributed by atoms with Gasteiger partial charge in [0.15, 0.2) is 0 Å². The number of hydrogen-bond acceptors (Lipinski definition) is 7. The summed E-state index contributed by atoms with van der Waals surface area (Å²) in [5.41, 5.74) is 7.67. The van der Waals surface area contributed by atoms with Gasteiger partial charge >= 0.3 is 0 Å². The third kappa shape index (κ3) is 5.38. The fraction of sp³-hybridized carbons (Fsp3) is 0.406. The molecule has 212 valence electrons. The molecule has 0 radical (unpaired) electrons. The number of pyridine rings is 1. The second kappa shape index (κ2) is 10.1. The summed E-state index contributed by atoms with van der Waals surface area (Å²) in [5, 5.41) is 26.3. The maximum atomic E-state index is 15.3. The van der Waals surface area contributed by atoms with Gasteiger partial charge in [-0.25, -0.2) is 4.39 Å². The Morgan fingerprint density at radius 1 is 1.17 bits per heavy atom. The van der Waals surface area contributed by atoms with Gasteiger partial charge in [0.1, 0.15) is 11.6 Å². The summed E-state index contributed by atoms with van der Waals surface area (Å²) in [5.74, 6) is 0.839. The molecule has 2 aromatic carbocycles. The first kappa shape index (κ1) is 27.2. The second-order valence-corrected chi connectivity index (χ2v) is 12.2. The van der Waals surface area contributed by atoms with E-state index in [0.717, 1.165) is 64.0 Å². The largest absolute Gasteiger partial charge is 0.388 e. The summed E-state index contributed by atoms with van der Waals surface area (Å²) < 4.78 is 15.3. The van der Waals surface area contributed by atoms with Crippen LogP contribution in [0.15, 0.2) is 42.6 Å². The first-order chi connectivity index (χ1) is 19.5. The molecule has 2 aliphatic rings. The van der Waals surface area contributed by atoms with Crippen LogP contribution in [0.3, 0.4) is 0 Å². The van der Waals surface area contributed by atoms with E-state index in [4.69, 9.17) is 0 Å². The number of benzene rings is 2. The van der Waals surface area contributed by atoms with Crippen LogP contribution in [0.4, 0.5) is 10.1 Å². The van der Waals surface area contributed by atoms with Crippen molar-refractivity contribution in [2.24, 2.45) is 5.92 Å². The lowest BCUT2D eigenvalue weighted by Gasteiger charge is -2.19. The highest BCUT2D eigenvalue weighted by atomic mass is 19.1. The van der Waals surface area contributed by atoms with Crippen molar-refractivity contribution in [3.8, 4) is 22.5 Å². The minimum Gasteiger partial charge on any atom is -0.388 e. The van der Waals surface area contributed by atoms with Gasteiger partial charge in [0.2, 0.25) is 5.82 Å². The standard InChI is InChI=1S/C32H35FN6O2/c1-17-12-20(31-36-38-39(37-31)16-32(4,5)41)13-18(2)29(17)22-7-9-26(33)30-23(22)8-11-28(30)35-21-6-10-27(34-15-21)25-14-24(25)19(3)40/h6-7,9-10,12-13,15,24-25,28,35,41H,8,11,14,16H2,1-5H3/t24-,25+,28-/m1/s1. The van der Waals surface area contributed by atoms with Gasteiger partial charge in [-0.1, -0.05) is 6.07 Å². The number of aromatic nitrogens is 5. The number of ketones is 1. The molecule has 2 heterocycles. The van der Waals surface area contributed by atoms with E-state index in [1.807, 2.05) is 30.3 Å². The first-order valence-electron chi connectivity index (χ1n) is 14.1. The average molecular weight is 555 g/mol. The van der Waals surface area contributed by atoms with Gasteiger partial charge < -0.3 is 10.4 Å². The molecular weight excluding hydrogens is 519 g/mol. The quantitative estimate of drug-likeness (QED) is 0.287. The summed E-state index contributed by atoms with van der Waals surface area (Å²) in [6.45, 7) is 9.40. The number of fused-ring (bicyclic) bond motifs is 1. The van der Waals surface area contributed by atoms with Crippen molar-refractivity contribution < 1.29 is 14.3 Å². The zero-order valence-electron chi connectivity index (χ0n) is 24.1.